The maximum Gasteiger partial charge on any atom is 0.282 e. The zero-order valence-corrected chi connectivity index (χ0v) is 21.4. The predicted octanol–water partition coefficient (Wildman–Crippen LogP) is 3.82. The lowest BCUT2D eigenvalue weighted by Gasteiger charge is -2.54. The van der Waals surface area contributed by atoms with Crippen LogP contribution in [0.3, 0.4) is 0 Å². The number of hydrogen-bond acceptors (Lipinski definition) is 7. The van der Waals surface area contributed by atoms with Crippen LogP contribution in [-0.2, 0) is 4.74 Å². The highest BCUT2D eigenvalue weighted by molar-refractivity contribution is 7.17. The van der Waals surface area contributed by atoms with Crippen LogP contribution in [-0.4, -0.2) is 76.0 Å². The second-order valence-electron chi connectivity index (χ2n) is 11.1. The highest BCUT2D eigenvalue weighted by Gasteiger charge is 2.51. The lowest BCUT2D eigenvalue weighted by atomic mass is 9.78. The third kappa shape index (κ3) is 4.20. The van der Waals surface area contributed by atoms with E-state index in [9.17, 15) is 9.59 Å². The van der Waals surface area contributed by atoms with Gasteiger partial charge in [-0.1, -0.05) is 0 Å². The number of amides is 2. The molecule has 3 fully saturated rings. The molecule has 0 saturated carbocycles. The summed E-state index contributed by atoms with van der Waals surface area (Å²) in [5, 5.41) is 3.76. The summed E-state index contributed by atoms with van der Waals surface area (Å²) in [5.41, 5.74) is 2.22. The molecule has 5 rings (SSSR count). The number of thiazole rings is 1. The molecule has 0 bridgehead atoms. The number of carbonyl (C=O) groups is 2. The summed E-state index contributed by atoms with van der Waals surface area (Å²) in [6, 6.07) is 2.16. The molecule has 3 aliphatic rings. The first-order valence-corrected chi connectivity index (χ1v) is 12.8. The molecule has 3 aliphatic heterocycles. The molecule has 5 heterocycles. The first-order valence-electron chi connectivity index (χ1n) is 12.0. The fourth-order valence-corrected chi connectivity index (χ4v) is 6.07. The highest BCUT2D eigenvalue weighted by Crippen LogP contribution is 2.40. The molecule has 0 aromatic carbocycles. The van der Waals surface area contributed by atoms with Crippen LogP contribution in [0.1, 0.15) is 66.4 Å². The summed E-state index contributed by atoms with van der Waals surface area (Å²) < 4.78 is 5.33. The van der Waals surface area contributed by atoms with E-state index < -0.39 is 0 Å². The normalized spacial score (nSPS) is 21.4. The molecule has 2 aromatic heterocycles. The van der Waals surface area contributed by atoms with Gasteiger partial charge in [0, 0.05) is 43.0 Å². The minimum Gasteiger partial charge on any atom is -0.380 e. The van der Waals surface area contributed by atoms with Crippen molar-refractivity contribution in [1.82, 2.24) is 19.8 Å². The topological polar surface area (TPSA) is 87.7 Å². The fourth-order valence-electron chi connectivity index (χ4n) is 4.97. The Morgan fingerprint density at radius 2 is 1.97 bits per heavy atom. The number of nitrogens with one attached hydrogen (secondary N) is 1. The number of pyridine rings is 1. The average molecular weight is 484 g/mol. The van der Waals surface area contributed by atoms with Crippen molar-refractivity contribution in [1.29, 1.82) is 0 Å². The van der Waals surface area contributed by atoms with Crippen LogP contribution in [0.4, 0.5) is 5.82 Å². The van der Waals surface area contributed by atoms with Crippen LogP contribution in [0, 0.1) is 12.3 Å². The lowest BCUT2D eigenvalue weighted by molar-refractivity contribution is -0.176. The van der Waals surface area contributed by atoms with Crippen LogP contribution in [0.5, 0.6) is 0 Å². The van der Waals surface area contributed by atoms with Crippen LogP contribution in [0.15, 0.2) is 12.3 Å². The second kappa shape index (κ2) is 8.30. The number of likely N-dealkylation sites (tertiary alicyclic amines) is 2. The van der Waals surface area contributed by atoms with E-state index in [1.54, 1.807) is 6.20 Å². The molecule has 0 aliphatic carbocycles. The Morgan fingerprint density at radius 3 is 2.53 bits per heavy atom. The van der Waals surface area contributed by atoms with E-state index >= 15 is 0 Å². The summed E-state index contributed by atoms with van der Waals surface area (Å²) in [7, 11) is 0. The summed E-state index contributed by atoms with van der Waals surface area (Å²) >= 11 is 1.30. The maximum absolute atomic E-state index is 13.6. The minimum atomic E-state index is -0.113. The summed E-state index contributed by atoms with van der Waals surface area (Å²) in [6.45, 7) is 13.9. The molecule has 1 N–H and O–H groups in total. The van der Waals surface area contributed by atoms with Crippen molar-refractivity contribution in [3.63, 3.8) is 0 Å². The second-order valence-corrected chi connectivity index (χ2v) is 12.1. The van der Waals surface area contributed by atoms with Gasteiger partial charge in [0.1, 0.15) is 11.5 Å². The lowest BCUT2D eigenvalue weighted by Crippen LogP contribution is -2.67. The van der Waals surface area contributed by atoms with Gasteiger partial charge in [0.15, 0.2) is 5.01 Å². The van der Waals surface area contributed by atoms with Gasteiger partial charge in [0.05, 0.1) is 23.5 Å². The van der Waals surface area contributed by atoms with Gasteiger partial charge in [-0.15, -0.1) is 11.3 Å². The Balaban J connectivity index is 1.48. The Labute approximate surface area is 204 Å². The Kier molecular flexibility index (Phi) is 5.67. The third-order valence-electron chi connectivity index (χ3n) is 6.84. The quantitative estimate of drug-likeness (QED) is 0.711. The predicted molar refractivity (Wildman–Crippen MR) is 132 cm³/mol. The van der Waals surface area contributed by atoms with Gasteiger partial charge in [0.2, 0.25) is 0 Å². The highest BCUT2D eigenvalue weighted by atomic mass is 32.1. The van der Waals surface area contributed by atoms with Crippen molar-refractivity contribution in [2.75, 3.05) is 38.2 Å². The molecule has 2 aromatic rings. The zero-order chi connectivity index (χ0) is 24.3. The molecule has 9 heteroatoms. The van der Waals surface area contributed by atoms with E-state index in [-0.39, 0.29) is 28.8 Å². The van der Waals surface area contributed by atoms with Gasteiger partial charge in [0.25, 0.3) is 11.8 Å². The van der Waals surface area contributed by atoms with Gasteiger partial charge >= 0.3 is 0 Å². The number of aryl methyl sites for hydroxylation is 1. The van der Waals surface area contributed by atoms with Gasteiger partial charge in [-0.25, -0.2) is 9.97 Å². The van der Waals surface area contributed by atoms with E-state index in [0.717, 1.165) is 54.4 Å². The van der Waals surface area contributed by atoms with Gasteiger partial charge in [-0.3, -0.25) is 9.59 Å². The van der Waals surface area contributed by atoms with Crippen LogP contribution >= 0.6 is 11.3 Å². The van der Waals surface area contributed by atoms with Crippen molar-refractivity contribution < 1.29 is 14.3 Å². The van der Waals surface area contributed by atoms with Crippen LogP contribution < -0.4 is 5.32 Å². The largest absolute Gasteiger partial charge is 0.380 e. The summed E-state index contributed by atoms with van der Waals surface area (Å²) in [5.74, 6) is 0.581. The van der Waals surface area contributed by atoms with Gasteiger partial charge in [-0.05, 0) is 59.1 Å². The Bertz CT molecular complexity index is 1130. The molecular weight excluding hydrogens is 450 g/mol. The van der Waals surface area contributed by atoms with E-state index in [1.165, 1.54) is 11.3 Å². The number of nitrogens with zero attached hydrogens (tertiary/aromatic N) is 4. The summed E-state index contributed by atoms with van der Waals surface area (Å²) in [6.07, 6.45) is 3.77. The molecule has 0 unspecified atom stereocenters. The van der Waals surface area contributed by atoms with E-state index in [1.807, 2.05) is 22.8 Å². The zero-order valence-electron chi connectivity index (χ0n) is 20.6. The first kappa shape index (κ1) is 23.2. The van der Waals surface area contributed by atoms with E-state index in [0.29, 0.717) is 23.8 Å². The minimum absolute atomic E-state index is 0.0981. The molecule has 3 saturated heterocycles. The van der Waals surface area contributed by atoms with Crippen molar-refractivity contribution in [2.24, 2.45) is 5.41 Å². The van der Waals surface area contributed by atoms with Gasteiger partial charge < -0.3 is 19.9 Å². The molecule has 0 radical (unpaired) electrons. The number of aromatic nitrogens is 2. The van der Waals surface area contributed by atoms with Crippen molar-refractivity contribution in [2.45, 2.75) is 59.0 Å². The third-order valence-corrected chi connectivity index (χ3v) is 7.92. The number of carbonyl (C=O) groups excluding carboxylic acids is 2. The van der Waals surface area contributed by atoms with Gasteiger partial charge in [-0.2, -0.15) is 0 Å². The molecular formula is C25H33N5O3S. The van der Waals surface area contributed by atoms with Crippen molar-refractivity contribution >= 4 is 29.0 Å². The Morgan fingerprint density at radius 1 is 1.24 bits per heavy atom. The fraction of sp³-hybridized carbons (Fsp3) is 0.600. The van der Waals surface area contributed by atoms with Crippen molar-refractivity contribution in [3.05, 3.63) is 28.5 Å². The standard InChI is InChI=1S/C25H33N5O3S/c1-15-9-18(28-24(3,4)5)26-10-17(15)20-19(22(31)30-8-6-7-16(30)2)27-21(34-20)23(32)29-11-25(12-29)13-33-14-25/h9-10,16H,6-8,11-14H2,1-5H3,(H,26,28)/t16-/m0/s1. The number of ether oxygens (including phenoxy) is 1. The number of rotatable bonds is 4. The molecule has 182 valence electrons. The Hall–Kier alpha value is -2.52. The first-order chi connectivity index (χ1) is 16.1. The molecule has 8 nitrogen and oxygen atoms in total. The van der Waals surface area contributed by atoms with Crippen molar-refractivity contribution in [3.8, 4) is 10.4 Å². The summed E-state index contributed by atoms with van der Waals surface area (Å²) in [4.78, 5) is 40.5. The number of anilines is 1. The van der Waals surface area contributed by atoms with E-state index in [2.05, 4.69) is 43.0 Å². The maximum atomic E-state index is 13.6. The SMILES string of the molecule is Cc1cc(NC(C)(C)C)ncc1-c1sc(C(=O)N2CC3(COC3)C2)nc1C(=O)N1CCC[C@@H]1C. The molecule has 1 spiro atoms. The molecule has 2 amide bonds. The number of hydrogen-bond donors (Lipinski definition) is 1. The van der Waals surface area contributed by atoms with Crippen LogP contribution in [0.25, 0.3) is 10.4 Å². The molecule has 34 heavy (non-hydrogen) atoms. The molecule has 1 atom stereocenters. The monoisotopic (exact) mass is 483 g/mol. The van der Waals surface area contributed by atoms with Crippen LogP contribution in [0.2, 0.25) is 0 Å². The van der Waals surface area contributed by atoms with E-state index in [4.69, 9.17) is 4.74 Å². The smallest absolute Gasteiger partial charge is 0.282 e. The average Bonchev–Trinajstić information content (AvgIpc) is 3.30.